The number of nitrogens with zero attached hydrogens (tertiary/aromatic N) is 4. The summed E-state index contributed by atoms with van der Waals surface area (Å²) in [6, 6.07) is 20.0. The summed E-state index contributed by atoms with van der Waals surface area (Å²) in [6.45, 7) is 4.49. The third kappa shape index (κ3) is 14.0. The Morgan fingerprint density at radius 3 is 1.58 bits per heavy atom. The number of benzene rings is 4. The maximum atomic E-state index is 13.3. The van der Waals surface area contributed by atoms with Gasteiger partial charge in [0.25, 0.3) is 10.2 Å². The van der Waals surface area contributed by atoms with E-state index in [1.54, 1.807) is 31.2 Å². The molecule has 2 N–H and O–H groups in total. The monoisotopic (exact) mass is 861 g/mol. The fourth-order valence-electron chi connectivity index (χ4n) is 4.87. The van der Waals surface area contributed by atoms with E-state index in [-0.39, 0.29) is 57.1 Å². The minimum absolute atomic E-state index is 0.0100. The molecule has 0 spiro atoms. The highest BCUT2D eigenvalue weighted by Gasteiger charge is 2.25. The predicted molar refractivity (Wildman–Crippen MR) is 218 cm³/mol. The molecule has 4 rings (SSSR count). The normalized spacial score (nSPS) is 11.7. The number of thiocarbonyl (C=S) groups is 2. The van der Waals surface area contributed by atoms with Gasteiger partial charge in [0, 0.05) is 29.0 Å². The number of esters is 4. The lowest BCUT2D eigenvalue weighted by Gasteiger charge is -2.14. The van der Waals surface area contributed by atoms with Crippen molar-refractivity contribution >= 4 is 69.5 Å². The van der Waals surface area contributed by atoms with Crippen LogP contribution in [0.3, 0.4) is 0 Å². The van der Waals surface area contributed by atoms with Crippen molar-refractivity contribution < 1.29 is 58.0 Å². The van der Waals surface area contributed by atoms with Crippen LogP contribution >= 0.6 is 24.4 Å². The first kappa shape index (κ1) is 45.4. The van der Waals surface area contributed by atoms with Gasteiger partial charge in [-0.3, -0.25) is 9.59 Å². The van der Waals surface area contributed by atoms with E-state index in [0.29, 0.717) is 22.4 Å². The van der Waals surface area contributed by atoms with Crippen LogP contribution in [0.4, 0.5) is 11.4 Å². The Kier molecular flexibility index (Phi) is 16.3. The van der Waals surface area contributed by atoms with Crippen LogP contribution in [-0.2, 0) is 19.3 Å². The zero-order chi connectivity index (χ0) is 43.9. The molecule has 312 valence electrons. The van der Waals surface area contributed by atoms with Gasteiger partial charge in [0.1, 0.15) is 51.8 Å². The van der Waals surface area contributed by atoms with Crippen LogP contribution < -0.4 is 24.7 Å². The van der Waals surface area contributed by atoms with E-state index in [9.17, 15) is 39.4 Å². The number of carbonyl (C=O) groups excluding carboxylic acids is 4. The van der Waals surface area contributed by atoms with Crippen LogP contribution in [0, 0.1) is 26.1 Å². The predicted octanol–water partition coefficient (Wildman–Crippen LogP) is 7.33. The van der Waals surface area contributed by atoms with Crippen molar-refractivity contribution in [2.75, 3.05) is 6.61 Å². The lowest BCUT2D eigenvalue weighted by molar-refractivity contribution is -0.789. The largest absolute Gasteiger partial charge is 0.426 e. The molecule has 0 aliphatic heterocycles. The lowest BCUT2D eigenvalue weighted by atomic mass is 10.1. The van der Waals surface area contributed by atoms with Gasteiger partial charge in [-0.25, -0.2) is 9.59 Å². The maximum Gasteiger partial charge on any atom is 0.347 e. The third-order valence-electron chi connectivity index (χ3n) is 8.13. The maximum absolute atomic E-state index is 13.3. The van der Waals surface area contributed by atoms with E-state index in [2.05, 4.69) is 19.9 Å². The molecule has 0 aromatic heterocycles. The van der Waals surface area contributed by atoms with Crippen LogP contribution in [0.2, 0.25) is 0 Å². The molecule has 21 heteroatoms. The van der Waals surface area contributed by atoms with Crippen molar-refractivity contribution in [1.29, 1.82) is 0 Å². The molecule has 60 heavy (non-hydrogen) atoms. The fraction of sp³-hybridized carbons (Fsp3) is 0.231. The fourth-order valence-corrected chi connectivity index (χ4v) is 5.14. The van der Waals surface area contributed by atoms with Gasteiger partial charge in [-0.2, -0.15) is 10.2 Å². The summed E-state index contributed by atoms with van der Waals surface area (Å²) in [7, 11) is 0. The van der Waals surface area contributed by atoms with E-state index in [4.69, 9.17) is 49.1 Å². The van der Waals surface area contributed by atoms with Crippen molar-refractivity contribution in [2.45, 2.75) is 46.1 Å². The van der Waals surface area contributed by atoms with E-state index < -0.39 is 58.9 Å². The first-order valence-corrected chi connectivity index (χ1v) is 18.5. The van der Waals surface area contributed by atoms with Gasteiger partial charge in [-0.05, 0) is 79.1 Å². The molecule has 2 unspecified atom stereocenters. The van der Waals surface area contributed by atoms with Crippen molar-refractivity contribution in [1.82, 2.24) is 0 Å². The van der Waals surface area contributed by atoms with E-state index in [1.165, 1.54) is 54.6 Å². The van der Waals surface area contributed by atoms with Gasteiger partial charge in [0.15, 0.2) is 0 Å². The number of rotatable bonds is 20. The molecule has 0 aliphatic carbocycles. The molecule has 19 nitrogen and oxygen atoms in total. The number of ether oxygens (including phenoxy) is 4. The smallest absolute Gasteiger partial charge is 0.347 e. The number of carbonyl (C=O) groups is 4. The Bertz CT molecular complexity index is 2320. The zero-order valence-electron chi connectivity index (χ0n) is 32.0. The number of azo groups is 1. The zero-order valence-corrected chi connectivity index (χ0v) is 33.6. The van der Waals surface area contributed by atoms with Crippen molar-refractivity contribution in [3.05, 3.63) is 127 Å². The standard InChI is InChI=1S/C39H35N5O14S2/c1-4-22(2)17-35(45)56-33-18-26(9-15-31(33)38(47)55-29-13-7-25(8-14-29)37(40)60)41-42-27-10-16-32(39(48)54-28-11-5-24(6-12-28)23(3)59)34(19-27)57-36(46)20-30(58-44(51)52)21-53-43(49)50/h5-16,18-19,22,30H,4,17,20-21H2,1-3H3,(H2,40,60)/b42-41+. The Balaban J connectivity index is 1.66. The third-order valence-corrected chi connectivity index (χ3v) is 8.60. The summed E-state index contributed by atoms with van der Waals surface area (Å²) in [5.41, 5.74) is 6.57. The van der Waals surface area contributed by atoms with Crippen molar-refractivity contribution in [3.8, 4) is 23.0 Å². The van der Waals surface area contributed by atoms with Gasteiger partial charge in [0.2, 0.25) is 0 Å². The van der Waals surface area contributed by atoms with Crippen LogP contribution in [0.1, 0.15) is 71.9 Å². The van der Waals surface area contributed by atoms with Crippen LogP contribution in [0.5, 0.6) is 23.0 Å². The first-order chi connectivity index (χ1) is 28.5. The molecule has 0 amide bonds. The summed E-state index contributed by atoms with van der Waals surface area (Å²) >= 11 is 10.1. The Morgan fingerprint density at radius 2 is 1.17 bits per heavy atom. The van der Waals surface area contributed by atoms with Crippen LogP contribution in [-0.4, -0.2) is 56.6 Å². The number of hydrogen-bond acceptors (Lipinski definition) is 18. The molecule has 0 heterocycles. The average molecular weight is 862 g/mol. The molecular formula is C39H35N5O14S2. The van der Waals surface area contributed by atoms with Gasteiger partial charge in [-0.15, -0.1) is 20.2 Å². The Labute approximate surface area is 351 Å². The molecule has 0 bridgehead atoms. The van der Waals surface area contributed by atoms with E-state index in [0.717, 1.165) is 6.07 Å². The van der Waals surface area contributed by atoms with E-state index >= 15 is 0 Å². The first-order valence-electron chi connectivity index (χ1n) is 17.7. The van der Waals surface area contributed by atoms with Crippen LogP contribution in [0.15, 0.2) is 95.2 Å². The Hall–Kier alpha value is -7.26. The lowest BCUT2D eigenvalue weighted by Crippen LogP contribution is -2.29. The minimum atomic E-state index is -1.76. The SMILES string of the molecule is CCC(C)CC(=O)Oc1cc(/N=N/c2ccc(C(=O)Oc3ccc(C(C)=S)cc3)c(OC(=O)CC(CO[N+](=O)[O-])O[N+](=O)[O-])c2)ccc1C(=O)Oc1ccc(C(N)=S)cc1. The number of nitrogens with two attached hydrogens (primary N) is 1. The molecule has 0 saturated carbocycles. The summed E-state index contributed by atoms with van der Waals surface area (Å²) in [4.78, 5) is 83.2. The second kappa shape index (κ2) is 21.5. The molecule has 4 aromatic rings. The minimum Gasteiger partial charge on any atom is -0.426 e. The summed E-state index contributed by atoms with van der Waals surface area (Å²) in [5.74, 6) is -4.07. The topological polar surface area (TPSA) is 261 Å². The van der Waals surface area contributed by atoms with Crippen LogP contribution in [0.25, 0.3) is 0 Å². The van der Waals surface area contributed by atoms with Crippen molar-refractivity contribution in [2.24, 2.45) is 21.9 Å². The molecular weight excluding hydrogens is 827 g/mol. The van der Waals surface area contributed by atoms with Gasteiger partial charge < -0.3 is 34.4 Å². The quantitative estimate of drug-likeness (QED) is 0.0173. The van der Waals surface area contributed by atoms with Gasteiger partial charge >= 0.3 is 23.9 Å². The second-order valence-corrected chi connectivity index (χ2v) is 13.7. The molecule has 0 saturated heterocycles. The molecule has 0 radical (unpaired) electrons. The summed E-state index contributed by atoms with van der Waals surface area (Å²) < 4.78 is 21.9. The highest BCUT2D eigenvalue weighted by Crippen LogP contribution is 2.32. The Morgan fingerprint density at radius 1 is 0.700 bits per heavy atom. The molecule has 0 aliphatic rings. The van der Waals surface area contributed by atoms with Gasteiger partial charge in [-0.1, -0.05) is 56.8 Å². The highest BCUT2D eigenvalue weighted by molar-refractivity contribution is 7.81. The number of hydrogen-bond donors (Lipinski definition) is 1. The summed E-state index contributed by atoms with van der Waals surface area (Å²) in [5, 5.41) is 27.4. The summed E-state index contributed by atoms with van der Waals surface area (Å²) in [6.07, 6.45) is -1.94. The second-order valence-electron chi connectivity index (χ2n) is 12.6. The average Bonchev–Trinajstić information content (AvgIpc) is 3.19. The van der Waals surface area contributed by atoms with E-state index in [1.807, 2.05) is 13.8 Å². The molecule has 2 atom stereocenters. The van der Waals surface area contributed by atoms with Gasteiger partial charge in [0.05, 0.1) is 17.8 Å². The molecule has 0 fully saturated rings. The highest BCUT2D eigenvalue weighted by atomic mass is 32.1. The van der Waals surface area contributed by atoms with Crippen molar-refractivity contribution in [3.63, 3.8) is 0 Å². The molecule has 4 aromatic carbocycles.